The summed E-state index contributed by atoms with van der Waals surface area (Å²) in [6.07, 6.45) is 3.31. The largest absolute Gasteiger partial charge is 0.356 e. The molecule has 0 saturated carbocycles. The summed E-state index contributed by atoms with van der Waals surface area (Å²) in [7, 11) is 7.43. The maximum Gasteiger partial charge on any atom is 0.260 e. The van der Waals surface area contributed by atoms with Crippen molar-refractivity contribution in [3.8, 4) is 0 Å². The maximum absolute atomic E-state index is 11.7. The van der Waals surface area contributed by atoms with Crippen LogP contribution in [0.4, 0.5) is 5.69 Å². The highest BCUT2D eigenvalue weighted by Crippen LogP contribution is 2.24. The number of hydrogen-bond donors (Lipinski definition) is 0. The molecule has 2 aromatic heterocycles. The summed E-state index contributed by atoms with van der Waals surface area (Å²) in [5.74, 6) is 2.61. The second-order valence-corrected chi connectivity index (χ2v) is 14.0. The number of hydrogen-bond acceptors (Lipinski definition) is 5. The van der Waals surface area contributed by atoms with Crippen molar-refractivity contribution in [1.29, 1.82) is 0 Å². The molecule has 0 saturated heterocycles. The van der Waals surface area contributed by atoms with Crippen LogP contribution in [-0.2, 0) is 14.1 Å². The molecule has 0 aliphatic carbocycles. The van der Waals surface area contributed by atoms with Crippen LogP contribution in [0.2, 0.25) is 0 Å². The minimum Gasteiger partial charge on any atom is -0.356 e. The predicted octanol–water partition coefficient (Wildman–Crippen LogP) is 12.3. The van der Waals surface area contributed by atoms with Crippen molar-refractivity contribution < 1.29 is 4.79 Å². The van der Waals surface area contributed by atoms with Gasteiger partial charge >= 0.3 is 0 Å². The Morgan fingerprint density at radius 1 is 0.536 bits per heavy atom. The number of para-hydroxylation sites is 3. The van der Waals surface area contributed by atoms with E-state index in [2.05, 4.69) is 72.2 Å². The van der Waals surface area contributed by atoms with Gasteiger partial charge in [-0.3, -0.25) is 14.4 Å². The number of amides is 1. The first-order valence-corrected chi connectivity index (χ1v) is 20.0. The Labute approximate surface area is 342 Å². The third-order valence-electron chi connectivity index (χ3n) is 6.14. The quantitative estimate of drug-likeness (QED) is 0.156. The van der Waals surface area contributed by atoms with E-state index >= 15 is 0 Å². The van der Waals surface area contributed by atoms with Crippen molar-refractivity contribution in [3.05, 3.63) is 118 Å². The lowest BCUT2D eigenvalue weighted by atomic mass is 10.1. The Kier molecular flexibility index (Phi) is 34.8. The van der Waals surface area contributed by atoms with Crippen LogP contribution in [0.3, 0.4) is 0 Å². The van der Waals surface area contributed by atoms with Crippen molar-refractivity contribution >= 4 is 33.4 Å². The maximum atomic E-state index is 11.7. The summed E-state index contributed by atoms with van der Waals surface area (Å²) < 4.78 is 3.42. The fourth-order valence-corrected chi connectivity index (χ4v) is 4.15. The van der Waals surface area contributed by atoms with Gasteiger partial charge in [0.1, 0.15) is 0 Å². The lowest BCUT2D eigenvalue weighted by Crippen LogP contribution is -2.42. The normalized spacial score (nSPS) is 10.4. The van der Waals surface area contributed by atoms with Crippen molar-refractivity contribution in [2.75, 3.05) is 25.7 Å². The molecule has 0 unspecified atom stereocenters. The SMILES string of the molecule is C.CC.CC.CC.CC(C)C.CC(C)C.CC(C)C.CN1CN(C)c2ccccc2C1=O.Cn1ccc(=O)c2ccccc21.Cn1cnc2ccccc2c1=O. The molecule has 3 heterocycles. The van der Waals surface area contributed by atoms with Crippen molar-refractivity contribution in [1.82, 2.24) is 19.0 Å². The molecule has 0 fully saturated rings. The number of fused-ring (bicyclic) bond motifs is 3. The van der Waals surface area contributed by atoms with E-state index in [1.165, 1.54) is 10.9 Å². The number of nitrogens with zero attached hydrogens (tertiary/aromatic N) is 5. The van der Waals surface area contributed by atoms with Gasteiger partial charge in [0.25, 0.3) is 11.5 Å². The van der Waals surface area contributed by atoms with Gasteiger partial charge in [-0.2, -0.15) is 0 Å². The number of rotatable bonds is 0. The molecule has 1 aliphatic rings. The summed E-state index contributed by atoms with van der Waals surface area (Å²) in [6, 6.07) is 24.2. The van der Waals surface area contributed by atoms with E-state index in [0.717, 1.165) is 45.4 Å². The molecule has 8 heteroatoms. The lowest BCUT2D eigenvalue weighted by Gasteiger charge is -2.33. The van der Waals surface area contributed by atoms with Crippen LogP contribution < -0.4 is 15.9 Å². The molecule has 0 bridgehead atoms. The van der Waals surface area contributed by atoms with E-state index in [-0.39, 0.29) is 24.3 Å². The molecule has 316 valence electrons. The van der Waals surface area contributed by atoms with Gasteiger partial charge in [0, 0.05) is 45.8 Å². The number of benzene rings is 3. The van der Waals surface area contributed by atoms with Gasteiger partial charge in [-0.1, -0.05) is 148 Å². The van der Waals surface area contributed by atoms with Gasteiger partial charge in [0.15, 0.2) is 5.43 Å². The Bertz CT molecular complexity index is 1810. The zero-order valence-electron chi connectivity index (χ0n) is 38.1. The van der Waals surface area contributed by atoms with E-state index in [4.69, 9.17) is 0 Å². The van der Waals surface area contributed by atoms with Gasteiger partial charge in [0.05, 0.1) is 40.7 Å². The van der Waals surface area contributed by atoms with Crippen LogP contribution in [0.15, 0.2) is 101 Å². The summed E-state index contributed by atoms with van der Waals surface area (Å²) in [6.45, 7) is 32.2. The van der Waals surface area contributed by atoms with E-state index in [9.17, 15) is 14.4 Å². The first kappa shape index (κ1) is 58.0. The Balaban J connectivity index is -0.000000298. The molecule has 56 heavy (non-hydrogen) atoms. The van der Waals surface area contributed by atoms with Crippen molar-refractivity contribution in [2.24, 2.45) is 31.8 Å². The first-order chi connectivity index (χ1) is 26.0. The highest BCUT2D eigenvalue weighted by molar-refractivity contribution is 6.01. The zero-order valence-corrected chi connectivity index (χ0v) is 38.1. The topological polar surface area (TPSA) is 80.4 Å². The zero-order chi connectivity index (χ0) is 43.3. The van der Waals surface area contributed by atoms with Crippen LogP contribution in [0.25, 0.3) is 21.8 Å². The number of carbonyl (C=O) groups excluding carboxylic acids is 1. The third kappa shape index (κ3) is 23.3. The summed E-state index contributed by atoms with van der Waals surface area (Å²) in [4.78, 5) is 42.3. The van der Waals surface area contributed by atoms with Crippen molar-refractivity contribution in [3.63, 3.8) is 0 Å². The highest BCUT2D eigenvalue weighted by atomic mass is 16.2. The minimum absolute atomic E-state index is 0. The fraction of sp³-hybridized carbons (Fsp3) is 0.500. The predicted molar refractivity (Wildman–Crippen MR) is 250 cm³/mol. The molecule has 6 rings (SSSR count). The molecule has 1 amide bonds. The monoisotopic (exact) mass is 776 g/mol. The Morgan fingerprint density at radius 3 is 1.46 bits per heavy atom. The highest BCUT2D eigenvalue weighted by Gasteiger charge is 2.23. The summed E-state index contributed by atoms with van der Waals surface area (Å²) in [5.41, 5.74) is 3.62. The molecule has 0 radical (unpaired) electrons. The van der Waals surface area contributed by atoms with Gasteiger partial charge in [-0.05, 0) is 54.2 Å². The summed E-state index contributed by atoms with van der Waals surface area (Å²) >= 11 is 0. The Hall–Kier alpha value is -4.72. The van der Waals surface area contributed by atoms with Crippen LogP contribution in [0.1, 0.15) is 122 Å². The average Bonchev–Trinajstić information content (AvgIpc) is 3.16. The van der Waals surface area contributed by atoms with E-state index < -0.39 is 0 Å². The van der Waals surface area contributed by atoms with Crippen LogP contribution >= 0.6 is 0 Å². The molecule has 3 aromatic carbocycles. The molecule has 1 aliphatic heterocycles. The average molecular weight is 776 g/mol. The number of pyridine rings is 1. The van der Waals surface area contributed by atoms with Gasteiger partial charge in [-0.25, -0.2) is 4.98 Å². The summed E-state index contributed by atoms with van der Waals surface area (Å²) in [5, 5.41) is 1.45. The minimum atomic E-state index is 0. The molecule has 0 atom stereocenters. The third-order valence-corrected chi connectivity index (χ3v) is 6.14. The smallest absolute Gasteiger partial charge is 0.260 e. The standard InChI is InChI=1S/C10H12N2O.C10H9NO.C9H8N2O.3C4H10.3C2H6.CH4/c1-11-7-12(2)10(13)8-5-3-4-6-9(8)11;1-11-7-6-10(12)8-4-2-3-5-9(8)11;1-11-6-10-8-5-3-2-4-7(8)9(11)12;3*1-4(2)3;3*1-2;/h3-6H,7H2,1-2H3;2-7H,1H3;2-6H,1H3;3*4H,1-3H3;3*1-2H3;1H4. The van der Waals surface area contributed by atoms with Gasteiger partial charge < -0.3 is 18.9 Å². The lowest BCUT2D eigenvalue weighted by molar-refractivity contribution is 0.0785. The first-order valence-electron chi connectivity index (χ1n) is 20.0. The van der Waals surface area contributed by atoms with Crippen LogP contribution in [0.5, 0.6) is 0 Å². The number of aromatic nitrogens is 3. The Morgan fingerprint density at radius 2 is 0.964 bits per heavy atom. The molecule has 8 nitrogen and oxygen atoms in total. The van der Waals surface area contributed by atoms with Gasteiger partial charge in [0.2, 0.25) is 0 Å². The fourth-order valence-electron chi connectivity index (χ4n) is 4.15. The molecule has 0 N–H and O–H groups in total. The number of aryl methyl sites for hydroxylation is 2. The van der Waals surface area contributed by atoms with E-state index in [1.54, 1.807) is 30.3 Å². The van der Waals surface area contributed by atoms with Crippen LogP contribution in [0, 0.1) is 17.8 Å². The second kappa shape index (κ2) is 33.6. The second-order valence-electron chi connectivity index (χ2n) is 14.0. The van der Waals surface area contributed by atoms with Crippen LogP contribution in [-0.4, -0.2) is 45.7 Å². The van der Waals surface area contributed by atoms with E-state index in [0.29, 0.717) is 12.1 Å². The number of anilines is 1. The molecule has 0 spiro atoms. The number of carbonyl (C=O) groups is 1. The molecule has 5 aromatic rings. The van der Waals surface area contributed by atoms with E-state index in [1.807, 2.05) is 134 Å². The van der Waals surface area contributed by atoms with Crippen molar-refractivity contribution in [2.45, 2.75) is 111 Å². The molecular weight excluding hydrogens is 695 g/mol. The van der Waals surface area contributed by atoms with Gasteiger partial charge in [-0.15, -0.1) is 0 Å². The molecular formula is C48H81N5O3.